The maximum absolute atomic E-state index is 12.5. The first kappa shape index (κ1) is 17.1. The summed E-state index contributed by atoms with van der Waals surface area (Å²) in [6.45, 7) is 3.76. The Hall–Kier alpha value is -2.72. The third-order valence-corrected chi connectivity index (χ3v) is 4.24. The molecule has 0 saturated heterocycles. The maximum atomic E-state index is 12.5. The van der Waals surface area contributed by atoms with Crippen LogP contribution in [0.4, 0.5) is 5.69 Å². The Balaban J connectivity index is 1.67. The summed E-state index contributed by atoms with van der Waals surface area (Å²) in [5.74, 6) is -0.367. The second kappa shape index (κ2) is 7.45. The highest BCUT2D eigenvalue weighted by molar-refractivity contribution is 6.16. The molecule has 4 heteroatoms. The molecule has 0 spiro atoms. The molecule has 25 heavy (non-hydrogen) atoms. The van der Waals surface area contributed by atoms with Gasteiger partial charge < -0.3 is 4.74 Å². The smallest absolute Gasteiger partial charge is 0.226 e. The van der Waals surface area contributed by atoms with E-state index in [-0.39, 0.29) is 18.3 Å². The van der Waals surface area contributed by atoms with Gasteiger partial charge in [-0.15, -0.1) is 0 Å². The molecule has 0 bridgehead atoms. The van der Waals surface area contributed by atoms with Gasteiger partial charge in [-0.1, -0.05) is 54.1 Å². The molecule has 0 aromatic heterocycles. The highest BCUT2D eigenvalue weighted by Gasteiger charge is 2.39. The van der Waals surface area contributed by atoms with Crippen LogP contribution >= 0.6 is 0 Å². The molecule has 1 heterocycles. The molecule has 1 aliphatic rings. The molecular formula is C21H21NO3. The Morgan fingerprint density at radius 3 is 2.48 bits per heavy atom. The van der Waals surface area contributed by atoms with Crippen molar-refractivity contribution in [1.82, 2.24) is 0 Å². The van der Waals surface area contributed by atoms with Crippen molar-refractivity contribution in [1.29, 1.82) is 0 Å². The standard InChI is InChI=1S/C21H21NO3/c1-15(14-17-8-4-3-5-9-17)12-13-25-21-20(24)18-10-6-7-11-19(18)22(21)16(2)23/h3-12,21H,13-14H2,1-2H3/b15-12-. The van der Waals surface area contributed by atoms with Crippen molar-refractivity contribution < 1.29 is 14.3 Å². The van der Waals surface area contributed by atoms with Crippen molar-refractivity contribution >= 4 is 17.4 Å². The number of rotatable bonds is 5. The molecule has 1 unspecified atom stereocenters. The fourth-order valence-electron chi connectivity index (χ4n) is 3.03. The van der Waals surface area contributed by atoms with Crippen LogP contribution in [0.2, 0.25) is 0 Å². The van der Waals surface area contributed by atoms with Gasteiger partial charge in [0, 0.05) is 12.5 Å². The maximum Gasteiger partial charge on any atom is 0.226 e. The molecule has 0 saturated carbocycles. The summed E-state index contributed by atoms with van der Waals surface area (Å²) in [5, 5.41) is 0. The fraction of sp³-hybridized carbons (Fsp3) is 0.238. The first-order valence-corrected chi connectivity index (χ1v) is 8.32. The highest BCUT2D eigenvalue weighted by Crippen LogP contribution is 2.32. The SMILES string of the molecule is CC(=O)N1c2ccccc2C(=O)C1OC/C=C(/C)Cc1ccccc1. The van der Waals surface area contributed by atoms with Crippen LogP contribution in [-0.2, 0) is 16.0 Å². The van der Waals surface area contributed by atoms with Crippen LogP contribution in [0, 0.1) is 0 Å². The summed E-state index contributed by atoms with van der Waals surface area (Å²) in [6.07, 6.45) is 1.91. The van der Waals surface area contributed by atoms with Crippen molar-refractivity contribution in [2.45, 2.75) is 26.5 Å². The van der Waals surface area contributed by atoms with Crippen LogP contribution in [0.1, 0.15) is 29.8 Å². The predicted octanol–water partition coefficient (Wildman–Crippen LogP) is 3.77. The number of carbonyl (C=O) groups excluding carboxylic acids is 2. The zero-order valence-corrected chi connectivity index (χ0v) is 14.4. The van der Waals surface area contributed by atoms with Crippen LogP contribution in [0.25, 0.3) is 0 Å². The number of Topliss-reactive ketones (excluding diaryl/α,β-unsaturated/α-hetero) is 1. The number of ether oxygens (including phenoxy) is 1. The van der Waals surface area contributed by atoms with E-state index < -0.39 is 6.23 Å². The summed E-state index contributed by atoms with van der Waals surface area (Å²) in [5.41, 5.74) is 3.54. The van der Waals surface area contributed by atoms with Crippen LogP contribution in [-0.4, -0.2) is 24.5 Å². The third-order valence-electron chi connectivity index (χ3n) is 4.24. The van der Waals surface area contributed by atoms with E-state index in [2.05, 4.69) is 12.1 Å². The number of anilines is 1. The van der Waals surface area contributed by atoms with Crippen molar-refractivity contribution in [2.75, 3.05) is 11.5 Å². The van der Waals surface area contributed by atoms with E-state index in [0.717, 1.165) is 12.0 Å². The number of amides is 1. The van der Waals surface area contributed by atoms with Gasteiger partial charge in [0.25, 0.3) is 0 Å². The Morgan fingerprint density at radius 2 is 1.76 bits per heavy atom. The second-order valence-corrected chi connectivity index (χ2v) is 6.17. The summed E-state index contributed by atoms with van der Waals surface area (Å²) >= 11 is 0. The Morgan fingerprint density at radius 1 is 1.08 bits per heavy atom. The van der Waals surface area contributed by atoms with Gasteiger partial charge in [0.1, 0.15) is 0 Å². The van der Waals surface area contributed by atoms with Crippen molar-refractivity contribution in [3.05, 3.63) is 77.4 Å². The molecule has 128 valence electrons. The summed E-state index contributed by atoms with van der Waals surface area (Å²) in [6, 6.07) is 17.3. The van der Waals surface area contributed by atoms with Gasteiger partial charge in [-0.25, -0.2) is 0 Å². The number of nitrogens with zero attached hydrogens (tertiary/aromatic N) is 1. The summed E-state index contributed by atoms with van der Waals surface area (Å²) in [4.78, 5) is 25.9. The number of carbonyl (C=O) groups is 2. The number of hydrogen-bond donors (Lipinski definition) is 0. The highest BCUT2D eigenvalue weighted by atomic mass is 16.5. The number of allylic oxidation sites excluding steroid dienone is 1. The minimum atomic E-state index is -0.879. The van der Waals surface area contributed by atoms with E-state index in [1.165, 1.54) is 17.4 Å². The minimum Gasteiger partial charge on any atom is -0.346 e. The molecular weight excluding hydrogens is 314 g/mol. The molecule has 1 amide bonds. The summed E-state index contributed by atoms with van der Waals surface area (Å²) < 4.78 is 5.76. The molecule has 1 aliphatic heterocycles. The molecule has 0 N–H and O–H groups in total. The van der Waals surface area contributed by atoms with Crippen LogP contribution in [0.15, 0.2) is 66.2 Å². The van der Waals surface area contributed by atoms with Gasteiger partial charge in [-0.2, -0.15) is 0 Å². The lowest BCUT2D eigenvalue weighted by Gasteiger charge is -2.22. The molecule has 0 radical (unpaired) electrons. The van der Waals surface area contributed by atoms with Gasteiger partial charge in [-0.05, 0) is 31.0 Å². The first-order chi connectivity index (χ1) is 12.1. The van der Waals surface area contributed by atoms with Gasteiger partial charge in [0.05, 0.1) is 12.3 Å². The first-order valence-electron chi connectivity index (χ1n) is 8.32. The Labute approximate surface area is 147 Å². The Bertz CT molecular complexity index is 811. The lowest BCUT2D eigenvalue weighted by atomic mass is 10.1. The molecule has 1 atom stereocenters. The number of ketones is 1. The van der Waals surface area contributed by atoms with E-state index in [9.17, 15) is 9.59 Å². The van der Waals surface area contributed by atoms with Crippen molar-refractivity contribution in [3.63, 3.8) is 0 Å². The topological polar surface area (TPSA) is 46.6 Å². The molecule has 0 fully saturated rings. The van der Waals surface area contributed by atoms with E-state index in [1.54, 1.807) is 18.2 Å². The average Bonchev–Trinajstić information content (AvgIpc) is 2.89. The average molecular weight is 335 g/mol. The zero-order valence-electron chi connectivity index (χ0n) is 14.4. The molecule has 3 rings (SSSR count). The van der Waals surface area contributed by atoms with E-state index in [0.29, 0.717) is 11.3 Å². The predicted molar refractivity (Wildman–Crippen MR) is 97.6 cm³/mol. The van der Waals surface area contributed by atoms with E-state index in [1.807, 2.05) is 37.3 Å². The largest absolute Gasteiger partial charge is 0.346 e. The number of fused-ring (bicyclic) bond motifs is 1. The molecule has 2 aromatic rings. The van der Waals surface area contributed by atoms with Crippen molar-refractivity contribution in [3.8, 4) is 0 Å². The third kappa shape index (κ3) is 3.69. The van der Waals surface area contributed by atoms with Crippen LogP contribution < -0.4 is 4.90 Å². The zero-order chi connectivity index (χ0) is 17.8. The quantitative estimate of drug-likeness (QED) is 0.782. The molecule has 2 aromatic carbocycles. The van der Waals surface area contributed by atoms with Crippen LogP contribution in [0.3, 0.4) is 0 Å². The number of benzene rings is 2. The lowest BCUT2D eigenvalue weighted by molar-refractivity contribution is -0.118. The second-order valence-electron chi connectivity index (χ2n) is 6.17. The van der Waals surface area contributed by atoms with E-state index >= 15 is 0 Å². The summed E-state index contributed by atoms with van der Waals surface area (Å²) in [7, 11) is 0. The van der Waals surface area contributed by atoms with Gasteiger partial charge in [-0.3, -0.25) is 14.5 Å². The minimum absolute atomic E-state index is 0.167. The number of para-hydroxylation sites is 1. The van der Waals surface area contributed by atoms with Gasteiger partial charge in [0.2, 0.25) is 17.9 Å². The monoisotopic (exact) mass is 335 g/mol. The van der Waals surface area contributed by atoms with E-state index in [4.69, 9.17) is 4.74 Å². The molecule has 4 nitrogen and oxygen atoms in total. The normalized spacial score (nSPS) is 16.9. The fourth-order valence-corrected chi connectivity index (χ4v) is 3.03. The number of hydrogen-bond acceptors (Lipinski definition) is 3. The lowest BCUT2D eigenvalue weighted by Crippen LogP contribution is -2.40. The Kier molecular flexibility index (Phi) is 5.10. The van der Waals surface area contributed by atoms with Gasteiger partial charge in [0.15, 0.2) is 0 Å². The van der Waals surface area contributed by atoms with Gasteiger partial charge >= 0.3 is 0 Å². The molecule has 0 aliphatic carbocycles. The van der Waals surface area contributed by atoms with Crippen molar-refractivity contribution in [2.24, 2.45) is 0 Å². The van der Waals surface area contributed by atoms with Crippen LogP contribution in [0.5, 0.6) is 0 Å².